The minimum atomic E-state index is -5.01. The van der Waals surface area contributed by atoms with Crippen LogP contribution in [0, 0.1) is 0 Å². The van der Waals surface area contributed by atoms with Gasteiger partial charge in [0.15, 0.2) is 5.06 Å². The number of aromatic nitrogens is 4. The van der Waals surface area contributed by atoms with E-state index in [9.17, 15) is 22.8 Å². The summed E-state index contributed by atoms with van der Waals surface area (Å²) in [6, 6.07) is 7.58. The van der Waals surface area contributed by atoms with Gasteiger partial charge < -0.3 is 10.2 Å². The van der Waals surface area contributed by atoms with Crippen molar-refractivity contribution in [1.29, 1.82) is 0 Å². The number of benzene rings is 1. The molecule has 1 fully saturated rings. The summed E-state index contributed by atoms with van der Waals surface area (Å²) in [6.07, 6.45) is 0.892. The first-order valence-corrected chi connectivity index (χ1v) is 11.8. The number of rotatable bonds is 7. The summed E-state index contributed by atoms with van der Waals surface area (Å²) >= 11 is 6.41. The molecular formula is C23H24ClF3N6O3. The van der Waals surface area contributed by atoms with Crippen LogP contribution in [-0.2, 0) is 20.9 Å². The Morgan fingerprint density at radius 3 is 2.67 bits per heavy atom. The van der Waals surface area contributed by atoms with Crippen LogP contribution in [0.15, 0.2) is 54.5 Å². The second-order valence-corrected chi connectivity index (χ2v) is 9.11. The van der Waals surface area contributed by atoms with Crippen molar-refractivity contribution in [3.63, 3.8) is 0 Å². The molecule has 2 atom stereocenters. The minimum absolute atomic E-state index is 0.102. The second kappa shape index (κ2) is 10.8. The van der Waals surface area contributed by atoms with Crippen molar-refractivity contribution in [1.82, 2.24) is 30.4 Å². The Kier molecular flexibility index (Phi) is 7.74. The first kappa shape index (κ1) is 25.8. The molecule has 1 N–H and O–H groups in total. The van der Waals surface area contributed by atoms with E-state index < -0.39 is 29.8 Å². The summed E-state index contributed by atoms with van der Waals surface area (Å²) in [5.74, 6) is -0.722. The Morgan fingerprint density at radius 2 is 1.97 bits per heavy atom. The highest BCUT2D eigenvalue weighted by Crippen LogP contribution is 2.45. The average Bonchev–Trinajstić information content (AvgIpc) is 3.35. The maximum absolute atomic E-state index is 13.3. The molecule has 2 amide bonds. The summed E-state index contributed by atoms with van der Waals surface area (Å²) < 4.78 is 45.6. The number of hydrogen-bond acceptors (Lipinski definition) is 6. The molecule has 9 nitrogen and oxygen atoms in total. The van der Waals surface area contributed by atoms with E-state index in [2.05, 4.69) is 25.6 Å². The number of alkyl halides is 4. The molecule has 4 rings (SSSR count). The van der Waals surface area contributed by atoms with Crippen LogP contribution < -0.4 is 5.32 Å². The molecular weight excluding hydrogens is 501 g/mol. The fraction of sp³-hybridized carbons (Fsp3) is 0.435. The van der Waals surface area contributed by atoms with E-state index in [4.69, 9.17) is 11.6 Å². The molecule has 1 aromatic carbocycles. The fourth-order valence-electron chi connectivity index (χ4n) is 4.38. The Bertz CT molecular complexity index is 1140. The zero-order valence-electron chi connectivity index (χ0n) is 19.1. The fourth-order valence-corrected chi connectivity index (χ4v) is 4.78. The number of aryl methyl sites for hydroxylation is 1. The molecule has 2 aliphatic rings. The largest absolute Gasteiger partial charge is 0.524 e. The number of nitrogens with zero attached hydrogens (tertiary/aromatic N) is 5. The van der Waals surface area contributed by atoms with Crippen molar-refractivity contribution in [2.45, 2.75) is 56.1 Å². The van der Waals surface area contributed by atoms with Gasteiger partial charge >= 0.3 is 6.36 Å². The van der Waals surface area contributed by atoms with E-state index in [1.807, 2.05) is 0 Å². The number of carbonyl (C=O) groups is 2. The predicted molar refractivity (Wildman–Crippen MR) is 123 cm³/mol. The SMILES string of the molecule is O=C(NC1=CC=C(c2ccccc2)C(Cl)(OC(F)(F)F)C1)[C@H]1CCCCN1C(=O)CCn1cnnn1. The Morgan fingerprint density at radius 1 is 1.19 bits per heavy atom. The summed E-state index contributed by atoms with van der Waals surface area (Å²) in [5, 5.41) is 11.2. The number of nitrogens with one attached hydrogen (secondary N) is 1. The smallest absolute Gasteiger partial charge is 0.331 e. The number of likely N-dealkylation sites (tertiary alicyclic amines) is 1. The van der Waals surface area contributed by atoms with Crippen molar-refractivity contribution in [2.75, 3.05) is 6.54 Å². The van der Waals surface area contributed by atoms with Gasteiger partial charge in [-0.2, -0.15) is 0 Å². The summed E-state index contributed by atoms with van der Waals surface area (Å²) in [7, 11) is 0. The molecule has 1 aliphatic heterocycles. The number of piperidine rings is 1. The van der Waals surface area contributed by atoms with Gasteiger partial charge in [0.25, 0.3) is 0 Å². The number of tetrazole rings is 1. The summed E-state index contributed by atoms with van der Waals surface area (Å²) in [6.45, 7) is 0.665. The minimum Gasteiger partial charge on any atom is -0.331 e. The molecule has 0 saturated carbocycles. The van der Waals surface area contributed by atoms with Crippen molar-refractivity contribution in [3.8, 4) is 0 Å². The van der Waals surface area contributed by atoms with Crippen LogP contribution in [0.1, 0.15) is 37.7 Å². The topological polar surface area (TPSA) is 102 Å². The lowest BCUT2D eigenvalue weighted by Gasteiger charge is -2.37. The maximum atomic E-state index is 13.3. The number of carbonyl (C=O) groups excluding carboxylic acids is 2. The van der Waals surface area contributed by atoms with E-state index in [-0.39, 0.29) is 30.1 Å². The molecule has 2 heterocycles. The monoisotopic (exact) mass is 524 g/mol. The Hall–Kier alpha value is -3.25. The molecule has 13 heteroatoms. The molecule has 2 aromatic rings. The van der Waals surface area contributed by atoms with Crippen LogP contribution in [0.25, 0.3) is 5.57 Å². The molecule has 1 unspecified atom stereocenters. The van der Waals surface area contributed by atoms with Crippen LogP contribution in [0.4, 0.5) is 13.2 Å². The van der Waals surface area contributed by atoms with E-state index in [0.717, 1.165) is 12.8 Å². The molecule has 1 aromatic heterocycles. The van der Waals surface area contributed by atoms with Gasteiger partial charge in [0, 0.05) is 30.7 Å². The van der Waals surface area contributed by atoms with Crippen molar-refractivity contribution in [2.24, 2.45) is 0 Å². The molecule has 192 valence electrons. The number of hydrogen-bond donors (Lipinski definition) is 1. The van der Waals surface area contributed by atoms with E-state index in [1.54, 1.807) is 30.3 Å². The summed E-state index contributed by atoms with van der Waals surface area (Å²) in [5.41, 5.74) is 0.743. The molecule has 0 radical (unpaired) electrons. The van der Waals surface area contributed by atoms with Gasteiger partial charge in [-0.25, -0.2) is 4.68 Å². The predicted octanol–water partition coefficient (Wildman–Crippen LogP) is 3.40. The van der Waals surface area contributed by atoms with E-state index in [0.29, 0.717) is 18.5 Å². The average molecular weight is 525 g/mol. The lowest BCUT2D eigenvalue weighted by atomic mass is 9.92. The Labute approximate surface area is 209 Å². The van der Waals surface area contributed by atoms with Gasteiger partial charge in [0.2, 0.25) is 11.8 Å². The lowest BCUT2D eigenvalue weighted by molar-refractivity contribution is -0.342. The molecule has 0 bridgehead atoms. The number of halogens is 4. The maximum Gasteiger partial charge on any atom is 0.524 e. The highest BCUT2D eigenvalue weighted by atomic mass is 35.5. The van der Waals surface area contributed by atoms with Gasteiger partial charge in [-0.1, -0.05) is 48.0 Å². The van der Waals surface area contributed by atoms with E-state index in [1.165, 1.54) is 28.1 Å². The van der Waals surface area contributed by atoms with Crippen LogP contribution in [-0.4, -0.2) is 60.9 Å². The zero-order valence-corrected chi connectivity index (χ0v) is 19.9. The number of allylic oxidation sites excluding steroid dienone is 2. The van der Waals surface area contributed by atoms with Gasteiger partial charge in [-0.05, 0) is 41.3 Å². The van der Waals surface area contributed by atoms with Crippen LogP contribution in [0.5, 0.6) is 0 Å². The van der Waals surface area contributed by atoms with Crippen LogP contribution >= 0.6 is 11.6 Å². The highest BCUT2D eigenvalue weighted by Gasteiger charge is 2.47. The third-order valence-corrected chi connectivity index (χ3v) is 6.40. The molecule has 36 heavy (non-hydrogen) atoms. The second-order valence-electron chi connectivity index (χ2n) is 8.50. The van der Waals surface area contributed by atoms with Crippen molar-refractivity contribution >= 4 is 29.0 Å². The van der Waals surface area contributed by atoms with Crippen molar-refractivity contribution < 1.29 is 27.5 Å². The molecule has 0 spiro atoms. The van der Waals surface area contributed by atoms with Crippen molar-refractivity contribution in [3.05, 3.63) is 60.1 Å². The third kappa shape index (κ3) is 6.30. The van der Waals surface area contributed by atoms with Crippen LogP contribution in [0.3, 0.4) is 0 Å². The van der Waals surface area contributed by atoms with E-state index >= 15 is 0 Å². The highest BCUT2D eigenvalue weighted by molar-refractivity contribution is 6.29. The molecule has 1 aliphatic carbocycles. The third-order valence-electron chi connectivity index (χ3n) is 5.99. The zero-order chi connectivity index (χ0) is 25.8. The summed E-state index contributed by atoms with van der Waals surface area (Å²) in [4.78, 5) is 27.5. The first-order chi connectivity index (χ1) is 17.1. The van der Waals surface area contributed by atoms with Gasteiger partial charge in [0.05, 0.1) is 6.54 Å². The molecule has 1 saturated heterocycles. The number of ether oxygens (including phenoxy) is 1. The Balaban J connectivity index is 1.49. The normalized spacial score (nSPS) is 22.6. The van der Waals surface area contributed by atoms with Gasteiger partial charge in [-0.15, -0.1) is 18.3 Å². The van der Waals surface area contributed by atoms with Gasteiger partial charge in [-0.3, -0.25) is 14.3 Å². The number of amides is 2. The van der Waals surface area contributed by atoms with Gasteiger partial charge in [0.1, 0.15) is 12.4 Å². The lowest BCUT2D eigenvalue weighted by Crippen LogP contribution is -2.52. The van der Waals surface area contributed by atoms with Crippen LogP contribution in [0.2, 0.25) is 0 Å². The first-order valence-electron chi connectivity index (χ1n) is 11.4. The standard InChI is InChI=1S/C23H24ClF3N6O3/c24-22(36-23(25,26)27)14-17(9-10-18(22)16-6-2-1-3-7-16)29-21(35)19-8-4-5-12-33(19)20(34)11-13-32-15-28-30-31-32/h1-3,6-7,9-10,15,19H,4-5,8,11-14H2,(H,29,35)/t19-,22?/m1/s1. The quantitative estimate of drug-likeness (QED) is 0.557.